The Balaban J connectivity index is 1.31. The smallest absolute Gasteiger partial charge is 0.221 e. The van der Waals surface area contributed by atoms with E-state index in [4.69, 9.17) is 4.84 Å². The molecule has 0 bridgehead atoms. The van der Waals surface area contributed by atoms with E-state index in [2.05, 4.69) is 41.4 Å². The summed E-state index contributed by atoms with van der Waals surface area (Å²) in [7, 11) is 0. The van der Waals surface area contributed by atoms with E-state index >= 15 is 0 Å². The van der Waals surface area contributed by atoms with Crippen molar-refractivity contribution in [2.75, 3.05) is 45.9 Å². The predicted octanol–water partition coefficient (Wildman–Crippen LogP) is 2.32. The zero-order chi connectivity index (χ0) is 17.5. The van der Waals surface area contributed by atoms with Gasteiger partial charge in [0.05, 0.1) is 6.61 Å². The average Bonchev–Trinajstić information content (AvgIpc) is 3.10. The first-order valence-electron chi connectivity index (χ1n) is 9.65. The monoisotopic (exact) mass is 345 g/mol. The molecular weight excluding hydrogens is 314 g/mol. The number of carbonyl (C=O) groups excluding carboxylic acids is 1. The Morgan fingerprint density at radius 3 is 2.92 bits per heavy atom. The highest BCUT2D eigenvalue weighted by atomic mass is 16.7. The summed E-state index contributed by atoms with van der Waals surface area (Å²) in [6.07, 6.45) is 4.03. The quantitative estimate of drug-likeness (QED) is 0.824. The van der Waals surface area contributed by atoms with E-state index in [1.807, 2.05) is 5.06 Å². The molecule has 2 heterocycles. The van der Waals surface area contributed by atoms with Crippen molar-refractivity contribution >= 4 is 5.91 Å². The second kappa shape index (κ2) is 9.32. The standard InChI is InChI=1S/C20H31N3O2/c1-17-6-2-3-7-19(17)18-8-12-22(16-18)14-10-21-20(24)9-13-23-11-4-5-15-25-23/h2-3,6-7,18H,4-5,8-16H2,1H3,(H,21,24)/t18-/m1/s1. The molecule has 5 nitrogen and oxygen atoms in total. The first-order valence-corrected chi connectivity index (χ1v) is 9.65. The fraction of sp³-hybridized carbons (Fsp3) is 0.650. The number of aryl methyl sites for hydroxylation is 1. The number of hydrogen-bond acceptors (Lipinski definition) is 4. The van der Waals surface area contributed by atoms with E-state index in [0.717, 1.165) is 45.8 Å². The number of benzene rings is 1. The van der Waals surface area contributed by atoms with Gasteiger partial charge < -0.3 is 10.2 Å². The molecule has 0 aromatic heterocycles. The van der Waals surface area contributed by atoms with Crippen LogP contribution in [0, 0.1) is 6.92 Å². The summed E-state index contributed by atoms with van der Waals surface area (Å²) in [4.78, 5) is 20.0. The Bertz CT molecular complexity index is 558. The predicted molar refractivity (Wildman–Crippen MR) is 99.4 cm³/mol. The fourth-order valence-corrected chi connectivity index (χ4v) is 3.83. The number of rotatable bonds is 7. The number of likely N-dealkylation sites (tertiary alicyclic amines) is 1. The average molecular weight is 345 g/mol. The van der Waals surface area contributed by atoms with Gasteiger partial charge in [0.1, 0.15) is 0 Å². The zero-order valence-electron chi connectivity index (χ0n) is 15.4. The molecule has 138 valence electrons. The molecular formula is C20H31N3O2. The second-order valence-electron chi connectivity index (χ2n) is 7.21. The van der Waals surface area contributed by atoms with Crippen LogP contribution in [-0.2, 0) is 9.63 Å². The lowest BCUT2D eigenvalue weighted by Crippen LogP contribution is -2.37. The van der Waals surface area contributed by atoms with Gasteiger partial charge in [-0.2, -0.15) is 5.06 Å². The molecule has 25 heavy (non-hydrogen) atoms. The number of nitrogens with one attached hydrogen (secondary N) is 1. The molecule has 2 fully saturated rings. The highest BCUT2D eigenvalue weighted by molar-refractivity contribution is 5.76. The highest BCUT2D eigenvalue weighted by Gasteiger charge is 2.24. The van der Waals surface area contributed by atoms with Gasteiger partial charge in [-0.3, -0.25) is 9.63 Å². The van der Waals surface area contributed by atoms with Crippen molar-refractivity contribution in [1.82, 2.24) is 15.3 Å². The molecule has 0 saturated carbocycles. The molecule has 2 aliphatic heterocycles. The van der Waals surface area contributed by atoms with E-state index in [1.54, 1.807) is 0 Å². The third-order valence-electron chi connectivity index (χ3n) is 5.31. The Kier molecular flexibility index (Phi) is 6.84. The molecule has 0 radical (unpaired) electrons. The summed E-state index contributed by atoms with van der Waals surface area (Å²) in [5.41, 5.74) is 2.87. The van der Waals surface area contributed by atoms with Crippen molar-refractivity contribution < 1.29 is 9.63 Å². The van der Waals surface area contributed by atoms with Crippen LogP contribution in [0.25, 0.3) is 0 Å². The minimum absolute atomic E-state index is 0.129. The normalized spacial score (nSPS) is 22.2. The third kappa shape index (κ3) is 5.53. The molecule has 2 saturated heterocycles. The molecule has 1 aromatic carbocycles. The van der Waals surface area contributed by atoms with Crippen LogP contribution in [-0.4, -0.2) is 61.7 Å². The van der Waals surface area contributed by atoms with Gasteiger partial charge >= 0.3 is 0 Å². The fourth-order valence-electron chi connectivity index (χ4n) is 3.83. The molecule has 0 spiro atoms. The van der Waals surface area contributed by atoms with Gasteiger partial charge in [0.2, 0.25) is 5.91 Å². The Labute approximate surface area is 151 Å². The largest absolute Gasteiger partial charge is 0.355 e. The second-order valence-corrected chi connectivity index (χ2v) is 7.21. The minimum Gasteiger partial charge on any atom is -0.355 e. The Morgan fingerprint density at radius 1 is 1.24 bits per heavy atom. The molecule has 1 amide bonds. The summed E-state index contributed by atoms with van der Waals surface area (Å²) >= 11 is 0. The van der Waals surface area contributed by atoms with Gasteiger partial charge in [-0.05, 0) is 49.8 Å². The van der Waals surface area contributed by atoms with Crippen LogP contribution >= 0.6 is 0 Å². The maximum Gasteiger partial charge on any atom is 0.221 e. The van der Waals surface area contributed by atoms with Crippen molar-refractivity contribution in [2.24, 2.45) is 0 Å². The van der Waals surface area contributed by atoms with Crippen LogP contribution in [0.3, 0.4) is 0 Å². The van der Waals surface area contributed by atoms with Crippen LogP contribution in [0.1, 0.15) is 42.7 Å². The minimum atomic E-state index is 0.129. The first kappa shape index (κ1) is 18.4. The van der Waals surface area contributed by atoms with E-state index in [1.165, 1.54) is 24.0 Å². The third-order valence-corrected chi connectivity index (χ3v) is 5.31. The van der Waals surface area contributed by atoms with Crippen molar-refractivity contribution in [3.8, 4) is 0 Å². The van der Waals surface area contributed by atoms with Gasteiger partial charge in [0.15, 0.2) is 0 Å². The summed E-state index contributed by atoms with van der Waals surface area (Å²) in [6, 6.07) is 8.70. The van der Waals surface area contributed by atoms with Crippen LogP contribution < -0.4 is 5.32 Å². The van der Waals surface area contributed by atoms with E-state index in [9.17, 15) is 4.79 Å². The van der Waals surface area contributed by atoms with Crippen molar-refractivity contribution in [2.45, 2.75) is 38.5 Å². The van der Waals surface area contributed by atoms with E-state index < -0.39 is 0 Å². The maximum atomic E-state index is 12.0. The van der Waals surface area contributed by atoms with Crippen LogP contribution in [0.5, 0.6) is 0 Å². The van der Waals surface area contributed by atoms with E-state index in [0.29, 0.717) is 18.9 Å². The summed E-state index contributed by atoms with van der Waals surface area (Å²) < 4.78 is 0. The van der Waals surface area contributed by atoms with Crippen LogP contribution in [0.2, 0.25) is 0 Å². The molecule has 0 unspecified atom stereocenters. The Morgan fingerprint density at radius 2 is 2.12 bits per heavy atom. The SMILES string of the molecule is Cc1ccccc1[C@@H]1CCN(CCNC(=O)CCN2CCCCO2)C1. The van der Waals surface area contributed by atoms with Crippen LogP contribution in [0.15, 0.2) is 24.3 Å². The lowest BCUT2D eigenvalue weighted by Gasteiger charge is -2.25. The van der Waals surface area contributed by atoms with Gasteiger partial charge in [0.25, 0.3) is 0 Å². The number of carbonyl (C=O) groups is 1. The maximum absolute atomic E-state index is 12.0. The molecule has 0 aliphatic carbocycles. The summed E-state index contributed by atoms with van der Waals surface area (Å²) in [6.45, 7) is 8.53. The molecule has 3 rings (SSSR count). The molecule has 5 heteroatoms. The number of hydrogen-bond donors (Lipinski definition) is 1. The lowest BCUT2D eigenvalue weighted by molar-refractivity contribution is -0.181. The van der Waals surface area contributed by atoms with E-state index in [-0.39, 0.29) is 5.91 Å². The lowest BCUT2D eigenvalue weighted by atomic mass is 9.94. The van der Waals surface area contributed by atoms with Crippen LogP contribution in [0.4, 0.5) is 0 Å². The van der Waals surface area contributed by atoms with Gasteiger partial charge in [-0.25, -0.2) is 0 Å². The molecule has 1 aromatic rings. The summed E-state index contributed by atoms with van der Waals surface area (Å²) in [5, 5.41) is 4.98. The van der Waals surface area contributed by atoms with Crippen molar-refractivity contribution in [3.05, 3.63) is 35.4 Å². The summed E-state index contributed by atoms with van der Waals surface area (Å²) in [5.74, 6) is 0.761. The van der Waals surface area contributed by atoms with Gasteiger partial charge in [-0.1, -0.05) is 24.3 Å². The van der Waals surface area contributed by atoms with Gasteiger partial charge in [-0.15, -0.1) is 0 Å². The first-order chi connectivity index (χ1) is 12.2. The van der Waals surface area contributed by atoms with Gasteiger partial charge in [0, 0.05) is 39.1 Å². The Hall–Kier alpha value is -1.43. The molecule has 2 aliphatic rings. The topological polar surface area (TPSA) is 44.8 Å². The highest BCUT2D eigenvalue weighted by Crippen LogP contribution is 2.28. The molecule has 1 N–H and O–H groups in total. The number of hydroxylamine groups is 2. The zero-order valence-corrected chi connectivity index (χ0v) is 15.4. The van der Waals surface area contributed by atoms with Crippen molar-refractivity contribution in [3.63, 3.8) is 0 Å². The van der Waals surface area contributed by atoms with Crippen molar-refractivity contribution in [1.29, 1.82) is 0 Å². The number of nitrogens with zero attached hydrogens (tertiary/aromatic N) is 2. The molecule has 1 atom stereocenters. The number of amides is 1.